The van der Waals surface area contributed by atoms with E-state index in [9.17, 15) is 9.59 Å². The van der Waals surface area contributed by atoms with Gasteiger partial charge in [-0.05, 0) is 0 Å². The van der Waals surface area contributed by atoms with Gasteiger partial charge in [0.25, 0.3) is 5.24 Å². The number of carbonyl (C=O) groups is 2. The van der Waals surface area contributed by atoms with Gasteiger partial charge in [0.05, 0.1) is 24.6 Å². The summed E-state index contributed by atoms with van der Waals surface area (Å²) >= 11 is 6.73. The van der Waals surface area contributed by atoms with Gasteiger partial charge < -0.3 is 0 Å². The van der Waals surface area contributed by atoms with Crippen LogP contribution in [0.1, 0.15) is 12.1 Å². The SMILES string of the molecule is O=C1CCSC(=O)N1Cc1cnc(Cl)cn1. The normalized spacial score (nSPS) is 16.7. The van der Waals surface area contributed by atoms with Crippen molar-refractivity contribution in [2.24, 2.45) is 0 Å². The van der Waals surface area contributed by atoms with E-state index >= 15 is 0 Å². The van der Waals surface area contributed by atoms with Gasteiger partial charge in [0.1, 0.15) is 5.15 Å². The van der Waals surface area contributed by atoms with Crippen molar-refractivity contribution in [2.75, 3.05) is 5.75 Å². The molecule has 0 atom stereocenters. The van der Waals surface area contributed by atoms with Crippen LogP contribution < -0.4 is 0 Å². The highest BCUT2D eigenvalue weighted by Gasteiger charge is 2.26. The van der Waals surface area contributed by atoms with Gasteiger partial charge in [0.2, 0.25) is 5.91 Å². The fourth-order valence-corrected chi connectivity index (χ4v) is 2.15. The second kappa shape index (κ2) is 4.80. The Labute approximate surface area is 101 Å². The molecule has 1 aliphatic heterocycles. The van der Waals surface area contributed by atoms with Crippen LogP contribution in [-0.4, -0.2) is 31.8 Å². The number of hydrogen-bond acceptors (Lipinski definition) is 5. The predicted octanol–water partition coefficient (Wildman–Crippen LogP) is 1.72. The second-order valence-electron chi connectivity index (χ2n) is 3.17. The summed E-state index contributed by atoms with van der Waals surface area (Å²) in [7, 11) is 0. The molecule has 0 unspecified atom stereocenters. The molecule has 1 aliphatic rings. The van der Waals surface area contributed by atoms with Gasteiger partial charge in [-0.3, -0.25) is 19.5 Å². The molecule has 0 saturated carbocycles. The minimum Gasteiger partial charge on any atom is -0.274 e. The Morgan fingerprint density at radius 2 is 2.19 bits per heavy atom. The Kier molecular flexibility index (Phi) is 3.40. The van der Waals surface area contributed by atoms with Crippen molar-refractivity contribution >= 4 is 34.5 Å². The Hall–Kier alpha value is -1.14. The Morgan fingerprint density at radius 1 is 1.38 bits per heavy atom. The monoisotopic (exact) mass is 257 g/mol. The molecule has 0 spiro atoms. The zero-order valence-corrected chi connectivity index (χ0v) is 9.79. The lowest BCUT2D eigenvalue weighted by Gasteiger charge is -2.23. The number of rotatable bonds is 2. The Morgan fingerprint density at radius 3 is 2.81 bits per heavy atom. The first-order valence-corrected chi connectivity index (χ1v) is 5.97. The maximum atomic E-state index is 11.5. The van der Waals surface area contributed by atoms with E-state index in [1.165, 1.54) is 17.3 Å². The summed E-state index contributed by atoms with van der Waals surface area (Å²) in [5, 5.41) is 0.0578. The van der Waals surface area contributed by atoms with Gasteiger partial charge in [-0.1, -0.05) is 23.4 Å². The lowest BCUT2D eigenvalue weighted by molar-refractivity contribution is -0.128. The molecule has 7 heteroatoms. The molecule has 1 fully saturated rings. The van der Waals surface area contributed by atoms with Crippen LogP contribution in [0.15, 0.2) is 12.4 Å². The van der Waals surface area contributed by atoms with Crippen LogP contribution in [0.2, 0.25) is 5.15 Å². The number of thioether (sulfide) groups is 1. The van der Waals surface area contributed by atoms with Crippen LogP contribution in [0.5, 0.6) is 0 Å². The third-order valence-electron chi connectivity index (χ3n) is 2.06. The molecule has 0 aliphatic carbocycles. The van der Waals surface area contributed by atoms with E-state index in [-0.39, 0.29) is 22.8 Å². The van der Waals surface area contributed by atoms with Crippen molar-refractivity contribution in [3.05, 3.63) is 23.2 Å². The van der Waals surface area contributed by atoms with Crippen LogP contribution >= 0.6 is 23.4 Å². The summed E-state index contributed by atoms with van der Waals surface area (Å²) in [4.78, 5) is 32.0. The maximum Gasteiger partial charge on any atom is 0.288 e. The van der Waals surface area contributed by atoms with Crippen molar-refractivity contribution < 1.29 is 9.59 Å². The summed E-state index contributed by atoms with van der Waals surface area (Å²) in [6.45, 7) is 0.162. The van der Waals surface area contributed by atoms with Crippen molar-refractivity contribution in [3.63, 3.8) is 0 Å². The lowest BCUT2D eigenvalue weighted by Crippen LogP contribution is -2.37. The highest BCUT2D eigenvalue weighted by atomic mass is 35.5. The number of halogens is 1. The molecular weight excluding hydrogens is 250 g/mol. The number of aromatic nitrogens is 2. The Balaban J connectivity index is 2.10. The van der Waals surface area contributed by atoms with E-state index in [0.717, 1.165) is 11.8 Å². The minimum atomic E-state index is -0.229. The number of nitrogens with zero attached hydrogens (tertiary/aromatic N) is 3. The van der Waals surface area contributed by atoms with Crippen LogP contribution in [0, 0.1) is 0 Å². The zero-order valence-electron chi connectivity index (χ0n) is 8.22. The van der Waals surface area contributed by atoms with Gasteiger partial charge in [0, 0.05) is 12.2 Å². The van der Waals surface area contributed by atoms with Crippen molar-refractivity contribution in [1.82, 2.24) is 14.9 Å². The van der Waals surface area contributed by atoms with Crippen LogP contribution in [0.25, 0.3) is 0 Å². The van der Waals surface area contributed by atoms with Gasteiger partial charge in [-0.15, -0.1) is 0 Å². The highest BCUT2D eigenvalue weighted by molar-refractivity contribution is 8.13. The largest absolute Gasteiger partial charge is 0.288 e. The fourth-order valence-electron chi connectivity index (χ4n) is 1.28. The van der Waals surface area contributed by atoms with Gasteiger partial charge >= 0.3 is 0 Å². The van der Waals surface area contributed by atoms with Crippen molar-refractivity contribution in [3.8, 4) is 0 Å². The molecule has 5 nitrogen and oxygen atoms in total. The molecule has 16 heavy (non-hydrogen) atoms. The van der Waals surface area contributed by atoms with Gasteiger partial charge in [-0.2, -0.15) is 0 Å². The molecule has 0 bridgehead atoms. The summed E-state index contributed by atoms with van der Waals surface area (Å²) in [5.74, 6) is 0.390. The highest BCUT2D eigenvalue weighted by Crippen LogP contribution is 2.20. The molecule has 0 N–H and O–H groups in total. The molecule has 2 rings (SSSR count). The summed E-state index contributed by atoms with van der Waals surface area (Å²) in [6.07, 6.45) is 3.24. The number of carbonyl (C=O) groups excluding carboxylic acids is 2. The molecule has 0 aromatic carbocycles. The van der Waals surface area contributed by atoms with E-state index in [1.54, 1.807) is 0 Å². The summed E-state index contributed by atoms with van der Waals surface area (Å²) in [5.41, 5.74) is 0.550. The van der Waals surface area contributed by atoms with Crippen LogP contribution in [0.4, 0.5) is 4.79 Å². The molecule has 1 aromatic rings. The maximum absolute atomic E-state index is 11.5. The molecule has 0 radical (unpaired) electrons. The molecule has 84 valence electrons. The first-order chi connectivity index (χ1) is 7.66. The van der Waals surface area contributed by atoms with Crippen LogP contribution in [0.3, 0.4) is 0 Å². The standard InChI is InChI=1S/C9H8ClN3O2S/c10-7-4-11-6(3-12-7)5-13-8(14)1-2-16-9(13)15/h3-4H,1-2,5H2. The molecule has 2 heterocycles. The molecule has 1 aromatic heterocycles. The van der Waals surface area contributed by atoms with Gasteiger partial charge in [-0.25, -0.2) is 4.98 Å². The first kappa shape index (κ1) is 11.3. The van der Waals surface area contributed by atoms with E-state index in [4.69, 9.17) is 11.6 Å². The van der Waals surface area contributed by atoms with E-state index in [1.807, 2.05) is 0 Å². The van der Waals surface area contributed by atoms with Crippen LogP contribution in [-0.2, 0) is 11.3 Å². The third-order valence-corrected chi connectivity index (χ3v) is 3.13. The van der Waals surface area contributed by atoms with E-state index in [2.05, 4.69) is 9.97 Å². The minimum absolute atomic E-state index is 0.162. The average molecular weight is 258 g/mol. The van der Waals surface area contributed by atoms with E-state index in [0.29, 0.717) is 17.9 Å². The Bertz CT molecular complexity index is 407. The van der Waals surface area contributed by atoms with Crippen molar-refractivity contribution in [1.29, 1.82) is 0 Å². The second-order valence-corrected chi connectivity index (χ2v) is 4.61. The third kappa shape index (κ3) is 2.51. The predicted molar refractivity (Wildman–Crippen MR) is 60.1 cm³/mol. The fraction of sp³-hybridized carbons (Fsp3) is 0.333. The molecule has 2 amide bonds. The van der Waals surface area contributed by atoms with Crippen molar-refractivity contribution in [2.45, 2.75) is 13.0 Å². The number of amides is 2. The topological polar surface area (TPSA) is 63.2 Å². The summed E-state index contributed by atoms with van der Waals surface area (Å²) in [6, 6.07) is 0. The average Bonchev–Trinajstić information content (AvgIpc) is 2.26. The quantitative estimate of drug-likeness (QED) is 0.807. The number of imide groups is 1. The van der Waals surface area contributed by atoms with E-state index < -0.39 is 0 Å². The number of hydrogen-bond donors (Lipinski definition) is 0. The first-order valence-electron chi connectivity index (χ1n) is 4.60. The molecular formula is C9H8ClN3O2S. The molecule has 1 saturated heterocycles. The smallest absolute Gasteiger partial charge is 0.274 e. The summed E-state index contributed by atoms with van der Waals surface area (Å²) < 4.78 is 0. The van der Waals surface area contributed by atoms with Gasteiger partial charge in [0.15, 0.2) is 0 Å². The zero-order chi connectivity index (χ0) is 11.5. The lowest BCUT2D eigenvalue weighted by atomic mass is 10.3.